The van der Waals surface area contributed by atoms with Crippen LogP contribution in [-0.4, -0.2) is 17.6 Å². The van der Waals surface area contributed by atoms with Crippen molar-refractivity contribution in [1.29, 1.82) is 0 Å². The fourth-order valence-corrected chi connectivity index (χ4v) is 3.40. The summed E-state index contributed by atoms with van der Waals surface area (Å²) in [5, 5.41) is 12.2. The van der Waals surface area contributed by atoms with Crippen molar-refractivity contribution in [2.24, 2.45) is 0 Å². The third-order valence-electron chi connectivity index (χ3n) is 5.31. The number of unbranched alkanes of at least 4 members (excludes halogenated alkanes) is 12. The molecule has 1 amide bonds. The Morgan fingerprint density at radius 3 is 1.93 bits per heavy atom. The van der Waals surface area contributed by atoms with E-state index < -0.39 is 0 Å². The number of amides is 1. The Labute approximate surface area is 184 Å². The normalized spacial score (nSPS) is 11.5. The highest BCUT2D eigenvalue weighted by atomic mass is 16.3. The fourth-order valence-electron chi connectivity index (χ4n) is 3.40. The van der Waals surface area contributed by atoms with Crippen LogP contribution in [0.4, 0.5) is 0 Å². The van der Waals surface area contributed by atoms with Crippen LogP contribution in [0.25, 0.3) is 6.08 Å². The molecule has 0 heterocycles. The van der Waals surface area contributed by atoms with E-state index in [-0.39, 0.29) is 11.7 Å². The van der Waals surface area contributed by atoms with Crippen LogP contribution in [0.1, 0.15) is 102 Å². The van der Waals surface area contributed by atoms with E-state index >= 15 is 0 Å². The summed E-state index contributed by atoms with van der Waals surface area (Å²) in [6.07, 6.45) is 26.2. The maximum atomic E-state index is 11.8. The van der Waals surface area contributed by atoms with Gasteiger partial charge in [0.25, 0.3) is 0 Å². The molecule has 0 atom stereocenters. The smallest absolute Gasteiger partial charge is 0.243 e. The SMILES string of the molecule is CCCCCCCCCC=CCCCCCCCNC(=O)C=Cc1ccc(O)cc1. The third kappa shape index (κ3) is 15.8. The molecule has 3 nitrogen and oxygen atoms in total. The minimum absolute atomic E-state index is 0.0610. The zero-order valence-corrected chi connectivity index (χ0v) is 19.1. The molecule has 0 bridgehead atoms. The van der Waals surface area contributed by atoms with Crippen LogP contribution in [0.15, 0.2) is 42.5 Å². The van der Waals surface area contributed by atoms with Gasteiger partial charge in [-0.25, -0.2) is 0 Å². The van der Waals surface area contributed by atoms with E-state index in [1.54, 1.807) is 36.4 Å². The van der Waals surface area contributed by atoms with Crippen LogP contribution in [0, 0.1) is 0 Å². The van der Waals surface area contributed by atoms with Crippen LogP contribution in [-0.2, 0) is 4.79 Å². The number of rotatable bonds is 18. The van der Waals surface area contributed by atoms with E-state index in [0.717, 1.165) is 18.5 Å². The van der Waals surface area contributed by atoms with Gasteiger partial charge in [-0.15, -0.1) is 0 Å². The summed E-state index contributed by atoms with van der Waals surface area (Å²) >= 11 is 0. The molecule has 0 saturated heterocycles. The summed E-state index contributed by atoms with van der Waals surface area (Å²) in [6.45, 7) is 3.00. The number of benzene rings is 1. The Morgan fingerprint density at radius 2 is 1.33 bits per heavy atom. The minimum Gasteiger partial charge on any atom is -0.508 e. The average molecular weight is 414 g/mol. The molecular weight excluding hydrogens is 370 g/mol. The largest absolute Gasteiger partial charge is 0.508 e. The van der Waals surface area contributed by atoms with Crippen molar-refractivity contribution in [3.05, 3.63) is 48.1 Å². The summed E-state index contributed by atoms with van der Waals surface area (Å²) in [5.41, 5.74) is 0.902. The molecule has 30 heavy (non-hydrogen) atoms. The molecule has 0 aliphatic carbocycles. The number of phenols is 1. The molecule has 0 aliphatic heterocycles. The molecule has 0 aromatic heterocycles. The summed E-state index contributed by atoms with van der Waals surface area (Å²) < 4.78 is 0. The quantitative estimate of drug-likeness (QED) is 0.148. The van der Waals surface area contributed by atoms with E-state index in [9.17, 15) is 9.90 Å². The first-order valence-electron chi connectivity index (χ1n) is 12.1. The van der Waals surface area contributed by atoms with Gasteiger partial charge in [0.15, 0.2) is 0 Å². The number of nitrogens with one attached hydrogen (secondary N) is 1. The minimum atomic E-state index is -0.0610. The van der Waals surface area contributed by atoms with Crippen molar-refractivity contribution in [3.8, 4) is 5.75 Å². The van der Waals surface area contributed by atoms with Gasteiger partial charge in [0.05, 0.1) is 0 Å². The van der Waals surface area contributed by atoms with Gasteiger partial charge in [0.1, 0.15) is 5.75 Å². The van der Waals surface area contributed by atoms with Gasteiger partial charge in [-0.05, 0) is 55.9 Å². The van der Waals surface area contributed by atoms with Gasteiger partial charge in [-0.3, -0.25) is 4.79 Å². The fraction of sp³-hybridized carbons (Fsp3) is 0.593. The van der Waals surface area contributed by atoms with Crippen molar-refractivity contribution in [3.63, 3.8) is 0 Å². The molecule has 1 rings (SSSR count). The molecule has 3 heteroatoms. The van der Waals surface area contributed by atoms with Crippen LogP contribution in [0.3, 0.4) is 0 Å². The summed E-state index contributed by atoms with van der Waals surface area (Å²) in [7, 11) is 0. The van der Waals surface area contributed by atoms with Gasteiger partial charge in [-0.2, -0.15) is 0 Å². The zero-order valence-electron chi connectivity index (χ0n) is 19.1. The van der Waals surface area contributed by atoms with Gasteiger partial charge in [-0.1, -0.05) is 89.0 Å². The van der Waals surface area contributed by atoms with E-state index in [2.05, 4.69) is 24.4 Å². The number of carbonyl (C=O) groups excluding carboxylic acids is 1. The first-order valence-corrected chi connectivity index (χ1v) is 12.1. The topological polar surface area (TPSA) is 49.3 Å². The van der Waals surface area contributed by atoms with Crippen molar-refractivity contribution in [2.75, 3.05) is 6.54 Å². The molecule has 0 unspecified atom stereocenters. The second kappa shape index (κ2) is 19.0. The molecule has 0 spiro atoms. The zero-order chi connectivity index (χ0) is 21.7. The second-order valence-electron chi connectivity index (χ2n) is 8.15. The van der Waals surface area contributed by atoms with E-state index in [0.29, 0.717) is 0 Å². The summed E-state index contributed by atoms with van der Waals surface area (Å²) in [5.74, 6) is 0.172. The highest BCUT2D eigenvalue weighted by Gasteiger charge is 1.96. The molecule has 168 valence electrons. The number of allylic oxidation sites excluding steroid dienone is 2. The molecular formula is C27H43NO2. The maximum Gasteiger partial charge on any atom is 0.243 e. The predicted octanol–water partition coefficient (Wildman–Crippen LogP) is 7.56. The number of aromatic hydroxyl groups is 1. The molecule has 0 aliphatic rings. The Balaban J connectivity index is 1.86. The van der Waals surface area contributed by atoms with Crippen molar-refractivity contribution < 1.29 is 9.90 Å². The molecule has 2 N–H and O–H groups in total. The van der Waals surface area contributed by atoms with Gasteiger partial charge in [0.2, 0.25) is 5.91 Å². The molecule has 0 radical (unpaired) electrons. The van der Waals surface area contributed by atoms with Gasteiger partial charge < -0.3 is 10.4 Å². The lowest BCUT2D eigenvalue weighted by atomic mass is 10.1. The van der Waals surface area contributed by atoms with Crippen LogP contribution < -0.4 is 5.32 Å². The summed E-state index contributed by atoms with van der Waals surface area (Å²) in [6, 6.07) is 6.79. The highest BCUT2D eigenvalue weighted by Crippen LogP contribution is 2.11. The van der Waals surface area contributed by atoms with Crippen LogP contribution in [0.5, 0.6) is 5.75 Å². The molecule has 1 aromatic carbocycles. The van der Waals surface area contributed by atoms with E-state index in [4.69, 9.17) is 0 Å². The Bertz CT molecular complexity index is 589. The van der Waals surface area contributed by atoms with Crippen LogP contribution >= 0.6 is 0 Å². The summed E-state index contributed by atoms with van der Waals surface area (Å²) in [4.78, 5) is 11.8. The lowest BCUT2D eigenvalue weighted by Crippen LogP contribution is -2.21. The number of carbonyl (C=O) groups is 1. The number of hydrogen-bond acceptors (Lipinski definition) is 2. The third-order valence-corrected chi connectivity index (χ3v) is 5.31. The number of hydrogen-bond donors (Lipinski definition) is 2. The Kier molecular flexibility index (Phi) is 16.4. The first kappa shape index (κ1) is 26.0. The average Bonchev–Trinajstić information content (AvgIpc) is 2.75. The number of phenolic OH excluding ortho intramolecular Hbond substituents is 1. The van der Waals surface area contributed by atoms with Crippen molar-refractivity contribution in [1.82, 2.24) is 5.32 Å². The van der Waals surface area contributed by atoms with E-state index in [1.165, 1.54) is 83.5 Å². The predicted molar refractivity (Wildman–Crippen MR) is 130 cm³/mol. The van der Waals surface area contributed by atoms with Gasteiger partial charge in [0, 0.05) is 12.6 Å². The monoisotopic (exact) mass is 413 g/mol. The Morgan fingerprint density at radius 1 is 0.800 bits per heavy atom. The first-order chi connectivity index (χ1) is 14.7. The molecule has 1 aromatic rings. The van der Waals surface area contributed by atoms with Gasteiger partial charge >= 0.3 is 0 Å². The molecule has 0 fully saturated rings. The maximum absolute atomic E-state index is 11.8. The lowest BCUT2D eigenvalue weighted by molar-refractivity contribution is -0.116. The van der Waals surface area contributed by atoms with E-state index in [1.807, 2.05) is 0 Å². The van der Waals surface area contributed by atoms with Crippen LogP contribution in [0.2, 0.25) is 0 Å². The lowest BCUT2D eigenvalue weighted by Gasteiger charge is -2.02. The molecule has 0 saturated carbocycles. The van der Waals surface area contributed by atoms with Crippen molar-refractivity contribution in [2.45, 2.75) is 96.8 Å². The second-order valence-corrected chi connectivity index (χ2v) is 8.15. The van der Waals surface area contributed by atoms with Crippen molar-refractivity contribution >= 4 is 12.0 Å². The Hall–Kier alpha value is -2.03. The standard InChI is InChI=1S/C27H43NO2/c1-2-3-4-5-6-7-8-9-10-11-12-13-14-15-16-17-24-28-27(30)23-20-25-18-21-26(29)22-19-25/h10-11,18-23,29H,2-9,12-17,24H2,1H3,(H,28,30). The highest BCUT2D eigenvalue weighted by molar-refractivity contribution is 5.91.